The van der Waals surface area contributed by atoms with Gasteiger partial charge in [0.05, 0.1) is 0 Å². The highest BCUT2D eigenvalue weighted by Crippen LogP contribution is 2.17. The molecule has 0 aliphatic carbocycles. The van der Waals surface area contributed by atoms with Crippen molar-refractivity contribution >= 4 is 0 Å². The molecule has 2 heteroatoms. The van der Waals surface area contributed by atoms with Gasteiger partial charge in [0.15, 0.2) is 0 Å². The fourth-order valence-corrected chi connectivity index (χ4v) is 1.08. The number of aromatic amines is 1. The fourth-order valence-electron chi connectivity index (χ4n) is 1.08. The Kier molecular flexibility index (Phi) is 2.35. The van der Waals surface area contributed by atoms with E-state index in [9.17, 15) is 0 Å². The third kappa shape index (κ3) is 1.84. The SMILES string of the molecule is Cc1ccc([C@@H](N)C(C)C)[nH]1. The highest BCUT2D eigenvalue weighted by atomic mass is 14.8. The number of rotatable bonds is 2. The summed E-state index contributed by atoms with van der Waals surface area (Å²) in [5, 5.41) is 0. The third-order valence-corrected chi connectivity index (χ3v) is 1.93. The number of hydrogen-bond acceptors (Lipinski definition) is 1. The average molecular weight is 152 g/mol. The fraction of sp³-hybridized carbons (Fsp3) is 0.556. The smallest absolute Gasteiger partial charge is 0.0471 e. The maximum absolute atomic E-state index is 5.92. The normalized spacial score (nSPS) is 13.9. The first-order valence-corrected chi connectivity index (χ1v) is 4.02. The molecule has 0 aromatic carbocycles. The van der Waals surface area contributed by atoms with Crippen LogP contribution in [0.5, 0.6) is 0 Å². The zero-order valence-corrected chi connectivity index (χ0v) is 7.39. The highest BCUT2D eigenvalue weighted by Gasteiger charge is 2.10. The molecule has 1 atom stereocenters. The van der Waals surface area contributed by atoms with Gasteiger partial charge in [-0.1, -0.05) is 13.8 Å². The van der Waals surface area contributed by atoms with E-state index < -0.39 is 0 Å². The van der Waals surface area contributed by atoms with E-state index in [0.717, 1.165) is 5.69 Å². The topological polar surface area (TPSA) is 41.8 Å². The molecule has 2 nitrogen and oxygen atoms in total. The van der Waals surface area contributed by atoms with E-state index in [-0.39, 0.29) is 6.04 Å². The molecule has 0 unspecified atom stereocenters. The van der Waals surface area contributed by atoms with Crippen molar-refractivity contribution in [3.63, 3.8) is 0 Å². The van der Waals surface area contributed by atoms with Crippen molar-refractivity contribution in [2.45, 2.75) is 26.8 Å². The van der Waals surface area contributed by atoms with E-state index in [1.54, 1.807) is 0 Å². The van der Waals surface area contributed by atoms with Crippen LogP contribution in [0, 0.1) is 12.8 Å². The Balaban J connectivity index is 2.76. The molecule has 0 aliphatic heterocycles. The van der Waals surface area contributed by atoms with Gasteiger partial charge in [-0.3, -0.25) is 0 Å². The van der Waals surface area contributed by atoms with E-state index in [0.29, 0.717) is 5.92 Å². The molecule has 1 rings (SSSR count). The molecule has 1 aromatic heterocycles. The average Bonchev–Trinajstić information content (AvgIpc) is 2.34. The summed E-state index contributed by atoms with van der Waals surface area (Å²) in [5.41, 5.74) is 8.23. The number of aryl methyl sites for hydroxylation is 1. The summed E-state index contributed by atoms with van der Waals surface area (Å²) >= 11 is 0. The summed E-state index contributed by atoms with van der Waals surface area (Å²) < 4.78 is 0. The first kappa shape index (κ1) is 8.34. The third-order valence-electron chi connectivity index (χ3n) is 1.93. The maximum Gasteiger partial charge on any atom is 0.0471 e. The van der Waals surface area contributed by atoms with Crippen LogP contribution in [0.15, 0.2) is 12.1 Å². The summed E-state index contributed by atoms with van der Waals surface area (Å²) in [6.07, 6.45) is 0. The monoisotopic (exact) mass is 152 g/mol. The van der Waals surface area contributed by atoms with E-state index in [4.69, 9.17) is 5.73 Å². The second-order valence-corrected chi connectivity index (χ2v) is 3.37. The second kappa shape index (κ2) is 3.09. The summed E-state index contributed by atoms with van der Waals surface area (Å²) in [7, 11) is 0. The van der Waals surface area contributed by atoms with Gasteiger partial charge in [-0.15, -0.1) is 0 Å². The van der Waals surface area contributed by atoms with Gasteiger partial charge in [-0.25, -0.2) is 0 Å². The Morgan fingerprint density at radius 3 is 2.36 bits per heavy atom. The van der Waals surface area contributed by atoms with Gasteiger partial charge in [0, 0.05) is 17.4 Å². The van der Waals surface area contributed by atoms with Crippen LogP contribution in [0.25, 0.3) is 0 Å². The van der Waals surface area contributed by atoms with Crippen LogP contribution in [0.4, 0.5) is 0 Å². The standard InChI is InChI=1S/C9H16N2/c1-6(2)9(10)8-5-4-7(3)11-8/h4-6,9,11H,10H2,1-3H3/t9-/m0/s1. The van der Waals surface area contributed by atoms with Crippen molar-refractivity contribution in [3.05, 3.63) is 23.5 Å². The molecule has 0 spiro atoms. The number of H-pyrrole nitrogens is 1. The molecule has 0 aliphatic rings. The van der Waals surface area contributed by atoms with E-state index in [2.05, 4.69) is 31.0 Å². The molecular weight excluding hydrogens is 136 g/mol. The molecule has 0 amide bonds. The largest absolute Gasteiger partial charge is 0.361 e. The van der Waals surface area contributed by atoms with Crippen LogP contribution < -0.4 is 5.73 Å². The number of nitrogens with one attached hydrogen (secondary N) is 1. The minimum Gasteiger partial charge on any atom is -0.361 e. The molecule has 0 radical (unpaired) electrons. The van der Waals surface area contributed by atoms with Gasteiger partial charge in [0.25, 0.3) is 0 Å². The molecule has 1 aromatic rings. The molecule has 0 fully saturated rings. The van der Waals surface area contributed by atoms with Crippen molar-refractivity contribution < 1.29 is 0 Å². The summed E-state index contributed by atoms with van der Waals surface area (Å²) in [4.78, 5) is 3.23. The van der Waals surface area contributed by atoms with Crippen LogP contribution in [-0.2, 0) is 0 Å². The number of aromatic nitrogens is 1. The Hall–Kier alpha value is -0.760. The van der Waals surface area contributed by atoms with Crippen molar-refractivity contribution in [2.75, 3.05) is 0 Å². The lowest BCUT2D eigenvalue weighted by Gasteiger charge is -2.13. The van der Waals surface area contributed by atoms with E-state index >= 15 is 0 Å². The molecule has 0 saturated heterocycles. The minimum atomic E-state index is 0.142. The summed E-state index contributed by atoms with van der Waals surface area (Å²) in [5.74, 6) is 0.494. The zero-order valence-electron chi connectivity index (χ0n) is 7.39. The van der Waals surface area contributed by atoms with Gasteiger partial charge >= 0.3 is 0 Å². The molecule has 1 heterocycles. The number of nitrogens with two attached hydrogens (primary N) is 1. The molecule has 0 bridgehead atoms. The predicted octanol–water partition coefficient (Wildman–Crippen LogP) is 1.98. The van der Waals surface area contributed by atoms with Crippen LogP contribution in [0.2, 0.25) is 0 Å². The van der Waals surface area contributed by atoms with E-state index in [1.807, 2.05) is 6.92 Å². The zero-order chi connectivity index (χ0) is 8.43. The lowest BCUT2D eigenvalue weighted by Crippen LogP contribution is -2.16. The second-order valence-electron chi connectivity index (χ2n) is 3.37. The van der Waals surface area contributed by atoms with Crippen molar-refractivity contribution in [2.24, 2.45) is 11.7 Å². The molecular formula is C9H16N2. The Morgan fingerprint density at radius 1 is 1.36 bits per heavy atom. The van der Waals surface area contributed by atoms with Crippen LogP contribution in [0.1, 0.15) is 31.3 Å². The Bertz CT molecular complexity index is 225. The molecule has 0 saturated carbocycles. The van der Waals surface area contributed by atoms with Gasteiger partial charge in [-0.05, 0) is 25.0 Å². The van der Waals surface area contributed by atoms with Gasteiger partial charge in [0.2, 0.25) is 0 Å². The van der Waals surface area contributed by atoms with Gasteiger partial charge < -0.3 is 10.7 Å². The summed E-state index contributed by atoms with van der Waals surface area (Å²) in [6.45, 7) is 6.29. The van der Waals surface area contributed by atoms with Crippen LogP contribution in [0.3, 0.4) is 0 Å². The Labute approximate surface area is 67.8 Å². The van der Waals surface area contributed by atoms with Crippen LogP contribution >= 0.6 is 0 Å². The Morgan fingerprint density at radius 2 is 2.00 bits per heavy atom. The molecule has 11 heavy (non-hydrogen) atoms. The van der Waals surface area contributed by atoms with Gasteiger partial charge in [-0.2, -0.15) is 0 Å². The highest BCUT2D eigenvalue weighted by molar-refractivity contribution is 5.15. The quantitative estimate of drug-likeness (QED) is 0.668. The number of hydrogen-bond donors (Lipinski definition) is 2. The van der Waals surface area contributed by atoms with Gasteiger partial charge in [0.1, 0.15) is 0 Å². The lowest BCUT2D eigenvalue weighted by molar-refractivity contribution is 0.504. The lowest BCUT2D eigenvalue weighted by atomic mass is 10.0. The molecule has 62 valence electrons. The first-order chi connectivity index (χ1) is 5.11. The molecule has 3 N–H and O–H groups in total. The summed E-state index contributed by atoms with van der Waals surface area (Å²) in [6, 6.07) is 4.25. The first-order valence-electron chi connectivity index (χ1n) is 4.02. The van der Waals surface area contributed by atoms with Crippen molar-refractivity contribution in [1.29, 1.82) is 0 Å². The van der Waals surface area contributed by atoms with E-state index in [1.165, 1.54) is 5.69 Å². The van der Waals surface area contributed by atoms with Crippen LogP contribution in [-0.4, -0.2) is 4.98 Å². The van der Waals surface area contributed by atoms with Crippen molar-refractivity contribution in [1.82, 2.24) is 4.98 Å². The van der Waals surface area contributed by atoms with Crippen molar-refractivity contribution in [3.8, 4) is 0 Å². The maximum atomic E-state index is 5.92. The minimum absolute atomic E-state index is 0.142. The predicted molar refractivity (Wildman–Crippen MR) is 47.3 cm³/mol.